The molecule has 3 rings (SSSR count). The molecule has 1 aromatic rings. The van der Waals surface area contributed by atoms with Crippen LogP contribution in [0.5, 0.6) is 5.75 Å². The number of fused-ring (bicyclic) bond motifs is 1. The van der Waals surface area contributed by atoms with Crippen LogP contribution in [0.4, 0.5) is 0 Å². The average molecular weight is 233 g/mol. The molecule has 0 bridgehead atoms. The normalized spacial score (nSPS) is 31.2. The molecule has 3 unspecified atom stereocenters. The predicted octanol–water partition coefficient (Wildman–Crippen LogP) is 2.06. The van der Waals surface area contributed by atoms with Crippen molar-refractivity contribution >= 4 is 0 Å². The van der Waals surface area contributed by atoms with Crippen molar-refractivity contribution in [1.29, 1.82) is 0 Å². The maximum absolute atomic E-state index is 6.00. The van der Waals surface area contributed by atoms with E-state index in [4.69, 9.17) is 15.2 Å². The van der Waals surface area contributed by atoms with Gasteiger partial charge in [-0.2, -0.15) is 0 Å². The third-order valence-electron chi connectivity index (χ3n) is 3.81. The maximum atomic E-state index is 6.00. The summed E-state index contributed by atoms with van der Waals surface area (Å²) in [5, 5.41) is 0. The van der Waals surface area contributed by atoms with Gasteiger partial charge in [-0.25, -0.2) is 0 Å². The second kappa shape index (κ2) is 4.67. The molecule has 0 saturated heterocycles. The smallest absolute Gasteiger partial charge is 0.123 e. The summed E-state index contributed by atoms with van der Waals surface area (Å²) in [7, 11) is 0. The highest BCUT2D eigenvalue weighted by Crippen LogP contribution is 2.34. The van der Waals surface area contributed by atoms with Crippen molar-refractivity contribution in [3.63, 3.8) is 0 Å². The van der Waals surface area contributed by atoms with Crippen LogP contribution in [0.15, 0.2) is 24.3 Å². The Hall–Kier alpha value is -1.06. The lowest BCUT2D eigenvalue weighted by atomic mass is 10.0. The van der Waals surface area contributed by atoms with Crippen molar-refractivity contribution < 1.29 is 9.47 Å². The van der Waals surface area contributed by atoms with Crippen LogP contribution in [0.2, 0.25) is 0 Å². The van der Waals surface area contributed by atoms with Gasteiger partial charge in [0.2, 0.25) is 0 Å². The van der Waals surface area contributed by atoms with Gasteiger partial charge in [0.05, 0.1) is 19.3 Å². The topological polar surface area (TPSA) is 44.5 Å². The Kier molecular flexibility index (Phi) is 3.04. The summed E-state index contributed by atoms with van der Waals surface area (Å²) in [5.41, 5.74) is 7.28. The van der Waals surface area contributed by atoms with E-state index >= 15 is 0 Å². The van der Waals surface area contributed by atoms with E-state index in [1.807, 2.05) is 12.1 Å². The lowest BCUT2D eigenvalue weighted by Crippen LogP contribution is -2.32. The van der Waals surface area contributed by atoms with Gasteiger partial charge in [-0.15, -0.1) is 0 Å². The van der Waals surface area contributed by atoms with Crippen LogP contribution >= 0.6 is 0 Å². The molecule has 1 fully saturated rings. The van der Waals surface area contributed by atoms with Crippen LogP contribution in [0.3, 0.4) is 0 Å². The highest BCUT2D eigenvalue weighted by atomic mass is 16.5. The fourth-order valence-corrected chi connectivity index (χ4v) is 2.77. The Morgan fingerprint density at radius 3 is 3.00 bits per heavy atom. The maximum Gasteiger partial charge on any atom is 0.123 e. The second-order valence-electron chi connectivity index (χ2n) is 5.01. The summed E-state index contributed by atoms with van der Waals surface area (Å²) in [5.74, 6) is 1.39. The summed E-state index contributed by atoms with van der Waals surface area (Å²) in [4.78, 5) is 0. The molecule has 1 saturated carbocycles. The highest BCUT2D eigenvalue weighted by molar-refractivity contribution is 5.39. The molecule has 0 aromatic heterocycles. The highest BCUT2D eigenvalue weighted by Gasteiger charge is 2.28. The third-order valence-corrected chi connectivity index (χ3v) is 3.81. The Morgan fingerprint density at radius 1 is 1.29 bits per heavy atom. The van der Waals surface area contributed by atoms with Crippen molar-refractivity contribution in [2.75, 3.05) is 13.2 Å². The zero-order valence-electron chi connectivity index (χ0n) is 9.97. The zero-order chi connectivity index (χ0) is 11.7. The van der Waals surface area contributed by atoms with E-state index in [9.17, 15) is 0 Å². The number of hydrogen-bond donors (Lipinski definition) is 1. The molecular formula is C14H19NO2. The fourth-order valence-electron chi connectivity index (χ4n) is 2.77. The third kappa shape index (κ3) is 2.17. The van der Waals surface area contributed by atoms with Crippen molar-refractivity contribution in [2.24, 2.45) is 5.73 Å². The molecule has 0 radical (unpaired) electrons. The van der Waals surface area contributed by atoms with Crippen LogP contribution in [-0.4, -0.2) is 25.4 Å². The van der Waals surface area contributed by atoms with Crippen LogP contribution < -0.4 is 10.5 Å². The van der Waals surface area contributed by atoms with E-state index in [1.165, 1.54) is 12.0 Å². The van der Waals surface area contributed by atoms with Crippen molar-refractivity contribution in [1.82, 2.24) is 0 Å². The Balaban J connectivity index is 1.60. The molecule has 2 aliphatic rings. The number of nitrogens with two attached hydrogens (primary N) is 1. The SMILES string of the molecule is NC1CCCC1OCC1COc2ccccc21. The number of benzene rings is 1. The number of ether oxygens (including phenoxy) is 2. The monoisotopic (exact) mass is 233 g/mol. The largest absolute Gasteiger partial charge is 0.493 e. The second-order valence-corrected chi connectivity index (χ2v) is 5.01. The molecule has 0 spiro atoms. The summed E-state index contributed by atoms with van der Waals surface area (Å²) < 4.78 is 11.6. The van der Waals surface area contributed by atoms with Crippen LogP contribution in [0.1, 0.15) is 30.7 Å². The zero-order valence-corrected chi connectivity index (χ0v) is 9.97. The Morgan fingerprint density at radius 2 is 2.18 bits per heavy atom. The first-order chi connectivity index (χ1) is 8.34. The van der Waals surface area contributed by atoms with Crippen LogP contribution in [0, 0.1) is 0 Å². The molecule has 1 aliphatic heterocycles. The molecule has 17 heavy (non-hydrogen) atoms. The Bertz CT molecular complexity index is 394. The van der Waals surface area contributed by atoms with Crippen LogP contribution in [0.25, 0.3) is 0 Å². The summed E-state index contributed by atoms with van der Waals surface area (Å²) in [6.07, 6.45) is 3.66. The van der Waals surface area contributed by atoms with E-state index in [-0.39, 0.29) is 12.1 Å². The van der Waals surface area contributed by atoms with Crippen molar-refractivity contribution in [3.05, 3.63) is 29.8 Å². The summed E-state index contributed by atoms with van der Waals surface area (Å²) in [6, 6.07) is 8.45. The first kappa shape index (κ1) is 11.1. The minimum Gasteiger partial charge on any atom is -0.493 e. The Labute approximate surface area is 102 Å². The van der Waals surface area contributed by atoms with E-state index in [0.717, 1.165) is 31.8 Å². The van der Waals surface area contributed by atoms with E-state index in [1.54, 1.807) is 0 Å². The number of para-hydroxylation sites is 1. The average Bonchev–Trinajstić information content (AvgIpc) is 2.93. The molecule has 3 atom stereocenters. The fraction of sp³-hybridized carbons (Fsp3) is 0.571. The predicted molar refractivity (Wildman–Crippen MR) is 66.2 cm³/mol. The van der Waals surface area contributed by atoms with Crippen LogP contribution in [-0.2, 0) is 4.74 Å². The molecule has 3 heteroatoms. The molecule has 3 nitrogen and oxygen atoms in total. The molecule has 0 amide bonds. The van der Waals surface area contributed by atoms with Gasteiger partial charge >= 0.3 is 0 Å². The lowest BCUT2D eigenvalue weighted by Gasteiger charge is -2.18. The standard InChI is InChI=1S/C14H19NO2/c15-12-5-3-7-14(12)17-9-10-8-16-13-6-2-1-4-11(10)13/h1-2,4,6,10,12,14H,3,5,7-9,15H2. The first-order valence-corrected chi connectivity index (χ1v) is 6.43. The van der Waals surface area contributed by atoms with Crippen molar-refractivity contribution in [3.8, 4) is 5.75 Å². The molecule has 1 aromatic carbocycles. The van der Waals surface area contributed by atoms with Crippen molar-refractivity contribution in [2.45, 2.75) is 37.3 Å². The van der Waals surface area contributed by atoms with E-state index in [2.05, 4.69) is 12.1 Å². The molecular weight excluding hydrogens is 214 g/mol. The lowest BCUT2D eigenvalue weighted by molar-refractivity contribution is 0.0354. The minimum atomic E-state index is 0.229. The molecule has 92 valence electrons. The molecule has 2 N–H and O–H groups in total. The first-order valence-electron chi connectivity index (χ1n) is 6.43. The van der Waals surface area contributed by atoms with Gasteiger partial charge in [0, 0.05) is 17.5 Å². The molecule has 1 heterocycles. The van der Waals surface area contributed by atoms with Gasteiger partial charge in [0.1, 0.15) is 5.75 Å². The summed E-state index contributed by atoms with van der Waals surface area (Å²) in [6.45, 7) is 1.47. The molecule has 1 aliphatic carbocycles. The van der Waals surface area contributed by atoms with E-state index < -0.39 is 0 Å². The van der Waals surface area contributed by atoms with E-state index in [0.29, 0.717) is 5.92 Å². The van der Waals surface area contributed by atoms with Gasteiger partial charge in [-0.05, 0) is 25.3 Å². The quantitative estimate of drug-likeness (QED) is 0.869. The number of hydrogen-bond acceptors (Lipinski definition) is 3. The number of rotatable bonds is 3. The minimum absolute atomic E-state index is 0.229. The van der Waals surface area contributed by atoms with Gasteiger partial charge in [0.15, 0.2) is 0 Å². The van der Waals surface area contributed by atoms with Gasteiger partial charge in [-0.1, -0.05) is 18.2 Å². The van der Waals surface area contributed by atoms with Gasteiger partial charge < -0.3 is 15.2 Å². The van der Waals surface area contributed by atoms with Gasteiger partial charge in [0.25, 0.3) is 0 Å². The summed E-state index contributed by atoms with van der Waals surface area (Å²) >= 11 is 0. The van der Waals surface area contributed by atoms with Gasteiger partial charge in [-0.3, -0.25) is 0 Å².